The fourth-order valence-electron chi connectivity index (χ4n) is 2.29. The summed E-state index contributed by atoms with van der Waals surface area (Å²) < 4.78 is 49.8. The van der Waals surface area contributed by atoms with Gasteiger partial charge in [0.25, 0.3) is 0 Å². The largest absolute Gasteiger partial charge is 0.480 e. The lowest BCUT2D eigenvalue weighted by atomic mass is 10.2. The van der Waals surface area contributed by atoms with E-state index in [1.54, 1.807) is 0 Å². The van der Waals surface area contributed by atoms with Crippen molar-refractivity contribution in [3.8, 4) is 0 Å². The van der Waals surface area contributed by atoms with Crippen LogP contribution in [0, 0.1) is 0 Å². The second-order valence-corrected chi connectivity index (χ2v) is 9.99. The maximum atomic E-state index is 12.6. The van der Waals surface area contributed by atoms with E-state index >= 15 is 0 Å². The van der Waals surface area contributed by atoms with Crippen molar-refractivity contribution < 1.29 is 26.7 Å². The molecule has 1 fully saturated rings. The van der Waals surface area contributed by atoms with Crippen molar-refractivity contribution in [1.82, 2.24) is 4.31 Å². The van der Waals surface area contributed by atoms with E-state index in [4.69, 9.17) is 5.11 Å². The summed E-state index contributed by atoms with van der Waals surface area (Å²) in [6.07, 6.45) is 0.103. The predicted molar refractivity (Wildman–Crippen MR) is 82.7 cm³/mol. The van der Waals surface area contributed by atoms with Crippen molar-refractivity contribution in [3.63, 3.8) is 0 Å². The summed E-state index contributed by atoms with van der Waals surface area (Å²) in [5, 5.41) is 8.97. The molecule has 1 atom stereocenters. The zero-order valence-corrected chi connectivity index (χ0v) is 14.6. The van der Waals surface area contributed by atoms with Gasteiger partial charge in [0.15, 0.2) is 9.84 Å². The summed E-state index contributed by atoms with van der Waals surface area (Å²) in [6, 6.07) is 4.89. The minimum absolute atomic E-state index is 0.0683. The minimum Gasteiger partial charge on any atom is -0.480 e. The highest BCUT2D eigenvalue weighted by atomic mass is 79.9. The zero-order chi connectivity index (χ0) is 16.5. The molecule has 0 bridgehead atoms. The maximum Gasteiger partial charge on any atom is 0.318 e. The number of hydrogen-bond acceptors (Lipinski definition) is 5. The number of nitrogens with zero attached hydrogens (tertiary/aromatic N) is 1. The molecular weight excluding hydrogens is 398 g/mol. The Morgan fingerprint density at radius 1 is 1.32 bits per heavy atom. The van der Waals surface area contributed by atoms with Crippen LogP contribution < -0.4 is 0 Å². The summed E-state index contributed by atoms with van der Waals surface area (Å²) in [4.78, 5) is 10.9. The van der Waals surface area contributed by atoms with Crippen molar-refractivity contribution in [2.45, 2.75) is 17.4 Å². The highest BCUT2D eigenvalue weighted by Crippen LogP contribution is 2.25. The van der Waals surface area contributed by atoms with Crippen molar-refractivity contribution in [1.29, 1.82) is 0 Å². The molecule has 0 amide bonds. The minimum atomic E-state index is -4.08. The lowest BCUT2D eigenvalue weighted by Crippen LogP contribution is -2.44. The molecule has 1 N–H and O–H groups in total. The van der Waals surface area contributed by atoms with Gasteiger partial charge in [0.05, 0.1) is 16.4 Å². The average Bonchev–Trinajstić information content (AvgIpc) is 2.76. The Labute approximate surface area is 137 Å². The number of benzene rings is 1. The molecule has 1 aromatic rings. The van der Waals surface area contributed by atoms with Crippen molar-refractivity contribution in [3.05, 3.63) is 28.7 Å². The number of carbonyl (C=O) groups is 1. The molecule has 10 heteroatoms. The Kier molecular flexibility index (Phi) is 4.95. The number of carboxylic acids is 1. The SMILES string of the molecule is O=C(O)CN([C@@H]1CCS(=O)(=O)C1)S(=O)(=O)c1ccc(Br)cc1. The van der Waals surface area contributed by atoms with E-state index in [0.29, 0.717) is 4.47 Å². The van der Waals surface area contributed by atoms with Gasteiger partial charge in [0.1, 0.15) is 6.54 Å². The fraction of sp³-hybridized carbons (Fsp3) is 0.417. The van der Waals surface area contributed by atoms with Crippen molar-refractivity contribution >= 4 is 41.8 Å². The third kappa shape index (κ3) is 3.86. The second-order valence-electron chi connectivity index (χ2n) is 4.95. The first-order chi connectivity index (χ1) is 10.1. The van der Waals surface area contributed by atoms with Crippen molar-refractivity contribution in [2.75, 3.05) is 18.1 Å². The second kappa shape index (κ2) is 6.26. The van der Waals surface area contributed by atoms with E-state index in [-0.39, 0.29) is 22.8 Å². The normalized spacial score (nSPS) is 21.1. The van der Waals surface area contributed by atoms with Crippen LogP contribution in [-0.2, 0) is 24.7 Å². The number of aliphatic carboxylic acids is 1. The van der Waals surface area contributed by atoms with Crippen LogP contribution in [0.25, 0.3) is 0 Å². The summed E-state index contributed by atoms with van der Waals surface area (Å²) >= 11 is 3.19. The van der Waals surface area contributed by atoms with E-state index in [1.165, 1.54) is 24.3 Å². The molecule has 7 nitrogen and oxygen atoms in total. The van der Waals surface area contributed by atoms with Gasteiger partial charge in [-0.3, -0.25) is 4.79 Å². The standard InChI is InChI=1S/C12H14BrNO6S2/c13-9-1-3-11(4-2-9)22(19,20)14(7-12(15)16)10-5-6-21(17,18)8-10/h1-4,10H,5-8H2,(H,15,16)/t10-/m1/s1. The quantitative estimate of drug-likeness (QED) is 0.763. The molecule has 122 valence electrons. The van der Waals surface area contributed by atoms with Crippen LogP contribution in [0.3, 0.4) is 0 Å². The monoisotopic (exact) mass is 411 g/mol. The van der Waals surface area contributed by atoms with E-state index in [1.807, 2.05) is 0 Å². The first-order valence-corrected chi connectivity index (χ1v) is 10.4. The molecule has 2 rings (SSSR count). The molecule has 1 aliphatic heterocycles. The number of carboxylic acid groups (broad SMARTS) is 1. The van der Waals surface area contributed by atoms with Crippen LogP contribution in [0.1, 0.15) is 6.42 Å². The smallest absolute Gasteiger partial charge is 0.318 e. The van der Waals surface area contributed by atoms with E-state index in [9.17, 15) is 21.6 Å². The number of sulfonamides is 1. The Hall–Kier alpha value is -0.970. The molecule has 0 saturated carbocycles. The van der Waals surface area contributed by atoms with Gasteiger partial charge in [0.2, 0.25) is 10.0 Å². The molecule has 22 heavy (non-hydrogen) atoms. The third-order valence-electron chi connectivity index (χ3n) is 3.33. The highest BCUT2D eigenvalue weighted by Gasteiger charge is 2.39. The first kappa shape index (κ1) is 17.4. The van der Waals surface area contributed by atoms with Crippen LogP contribution in [-0.4, -0.2) is 56.3 Å². The average molecular weight is 412 g/mol. The molecule has 1 heterocycles. The predicted octanol–water partition coefficient (Wildman–Crippen LogP) is 0.712. The molecule has 1 aromatic carbocycles. The number of hydrogen-bond donors (Lipinski definition) is 1. The van der Waals surface area contributed by atoms with Gasteiger partial charge in [-0.2, -0.15) is 4.31 Å². The molecular formula is C12H14BrNO6S2. The Bertz CT molecular complexity index is 772. The number of sulfone groups is 1. The molecule has 0 radical (unpaired) electrons. The molecule has 0 spiro atoms. The molecule has 1 aliphatic rings. The van der Waals surface area contributed by atoms with Gasteiger partial charge in [-0.15, -0.1) is 0 Å². The Balaban J connectivity index is 2.40. The van der Waals surface area contributed by atoms with Gasteiger partial charge >= 0.3 is 5.97 Å². The summed E-state index contributed by atoms with van der Waals surface area (Å²) in [7, 11) is -7.41. The Morgan fingerprint density at radius 3 is 2.36 bits per heavy atom. The summed E-state index contributed by atoms with van der Waals surface area (Å²) in [6.45, 7) is -0.765. The van der Waals surface area contributed by atoms with Gasteiger partial charge in [0, 0.05) is 10.5 Å². The van der Waals surface area contributed by atoms with Crippen molar-refractivity contribution in [2.24, 2.45) is 0 Å². The van der Waals surface area contributed by atoms with Gasteiger partial charge in [-0.25, -0.2) is 16.8 Å². The zero-order valence-electron chi connectivity index (χ0n) is 11.3. The number of halogens is 1. The van der Waals surface area contributed by atoms with E-state index < -0.39 is 38.4 Å². The van der Waals surface area contributed by atoms with Crippen LogP contribution >= 0.6 is 15.9 Å². The molecule has 0 unspecified atom stereocenters. The molecule has 0 aromatic heterocycles. The fourth-order valence-corrected chi connectivity index (χ4v) is 5.98. The lowest BCUT2D eigenvalue weighted by Gasteiger charge is -2.25. The summed E-state index contributed by atoms with van der Waals surface area (Å²) in [5.74, 6) is -1.82. The van der Waals surface area contributed by atoms with E-state index in [2.05, 4.69) is 15.9 Å². The van der Waals surface area contributed by atoms with Crippen LogP contribution in [0.15, 0.2) is 33.6 Å². The van der Waals surface area contributed by atoms with Gasteiger partial charge in [-0.05, 0) is 30.7 Å². The third-order valence-corrected chi connectivity index (χ3v) is 7.52. The first-order valence-electron chi connectivity index (χ1n) is 6.31. The van der Waals surface area contributed by atoms with E-state index in [0.717, 1.165) is 4.31 Å². The highest BCUT2D eigenvalue weighted by molar-refractivity contribution is 9.10. The molecule has 1 saturated heterocycles. The van der Waals surface area contributed by atoms with Crippen LogP contribution in [0.4, 0.5) is 0 Å². The van der Waals surface area contributed by atoms with Gasteiger partial charge < -0.3 is 5.11 Å². The maximum absolute atomic E-state index is 12.6. The topological polar surface area (TPSA) is 109 Å². The Morgan fingerprint density at radius 2 is 1.91 bits per heavy atom. The van der Waals surface area contributed by atoms with Gasteiger partial charge in [-0.1, -0.05) is 15.9 Å². The van der Waals surface area contributed by atoms with Crippen LogP contribution in [0.5, 0.6) is 0 Å². The molecule has 0 aliphatic carbocycles. The summed E-state index contributed by atoms with van der Waals surface area (Å²) in [5.41, 5.74) is 0. The van der Waals surface area contributed by atoms with Crippen LogP contribution in [0.2, 0.25) is 0 Å². The lowest BCUT2D eigenvalue weighted by molar-refractivity contribution is -0.137. The number of rotatable bonds is 5.